The maximum atomic E-state index is 12.3. The first-order chi connectivity index (χ1) is 12.7. The van der Waals surface area contributed by atoms with Gasteiger partial charge in [-0.1, -0.05) is 12.1 Å². The number of hydrogen-bond donors (Lipinski definition) is 1. The lowest BCUT2D eigenvalue weighted by Gasteiger charge is -2.10. The second kappa shape index (κ2) is 7.47. The fourth-order valence-electron chi connectivity index (χ4n) is 3.14. The number of carbonyl (C=O) groups is 1. The molecule has 7 heteroatoms. The molecule has 0 radical (unpaired) electrons. The number of methoxy groups -OCH3 is 1. The van der Waals surface area contributed by atoms with Gasteiger partial charge in [-0.15, -0.1) is 11.3 Å². The molecule has 136 valence electrons. The average molecular weight is 371 g/mol. The highest BCUT2D eigenvalue weighted by molar-refractivity contribution is 7.15. The van der Waals surface area contributed by atoms with E-state index >= 15 is 0 Å². The van der Waals surface area contributed by atoms with Crippen LogP contribution in [0.1, 0.15) is 18.5 Å². The Hall–Kier alpha value is -2.38. The Balaban J connectivity index is 1.47. The monoisotopic (exact) mass is 371 g/mol. The molecule has 1 aromatic carbocycles. The third kappa shape index (κ3) is 3.59. The molecule has 1 N–H and O–H groups in total. The van der Waals surface area contributed by atoms with Crippen LogP contribution in [0.2, 0.25) is 0 Å². The van der Waals surface area contributed by atoms with Crippen molar-refractivity contribution in [2.24, 2.45) is 0 Å². The largest absolute Gasteiger partial charge is 0.497 e. The van der Waals surface area contributed by atoms with Crippen molar-refractivity contribution in [3.8, 4) is 17.0 Å². The van der Waals surface area contributed by atoms with Gasteiger partial charge in [-0.25, -0.2) is 4.98 Å². The smallest absolute Gasteiger partial charge is 0.226 e. The second-order valence-corrected chi connectivity index (χ2v) is 7.19. The summed E-state index contributed by atoms with van der Waals surface area (Å²) >= 11 is 1.54. The molecular weight excluding hydrogens is 350 g/mol. The fourth-order valence-corrected chi connectivity index (χ4v) is 4.01. The zero-order valence-electron chi connectivity index (χ0n) is 14.6. The number of hydrogen-bond acceptors (Lipinski definition) is 5. The van der Waals surface area contributed by atoms with Crippen molar-refractivity contribution in [2.75, 3.05) is 20.3 Å². The number of nitrogens with one attached hydrogen (secondary N) is 1. The van der Waals surface area contributed by atoms with Crippen molar-refractivity contribution in [2.45, 2.75) is 25.4 Å². The number of carbonyl (C=O) groups excluding carboxylic acids is 1. The zero-order chi connectivity index (χ0) is 17.9. The molecule has 1 aliphatic rings. The lowest BCUT2D eigenvalue weighted by atomic mass is 10.1. The third-order valence-electron chi connectivity index (χ3n) is 4.54. The molecule has 1 aliphatic heterocycles. The Kier molecular flexibility index (Phi) is 4.90. The van der Waals surface area contributed by atoms with E-state index in [9.17, 15) is 4.79 Å². The van der Waals surface area contributed by atoms with E-state index in [2.05, 4.69) is 10.3 Å². The first-order valence-corrected chi connectivity index (χ1v) is 9.59. The highest BCUT2D eigenvalue weighted by atomic mass is 32.1. The number of amides is 1. The molecule has 6 nitrogen and oxygen atoms in total. The van der Waals surface area contributed by atoms with E-state index in [0.29, 0.717) is 13.0 Å². The zero-order valence-corrected chi connectivity index (χ0v) is 15.4. The summed E-state index contributed by atoms with van der Waals surface area (Å²) in [6.45, 7) is 1.39. The van der Waals surface area contributed by atoms with Gasteiger partial charge in [0.25, 0.3) is 0 Å². The minimum absolute atomic E-state index is 0.0110. The van der Waals surface area contributed by atoms with Crippen LogP contribution in [0.5, 0.6) is 5.75 Å². The second-order valence-electron chi connectivity index (χ2n) is 6.35. The summed E-state index contributed by atoms with van der Waals surface area (Å²) in [5.74, 6) is 0.810. The Labute approximate surface area is 155 Å². The first-order valence-electron chi connectivity index (χ1n) is 8.71. The molecule has 3 heterocycles. The number of rotatable bonds is 6. The van der Waals surface area contributed by atoms with Crippen molar-refractivity contribution < 1.29 is 14.3 Å². The Morgan fingerprint density at radius 1 is 1.50 bits per heavy atom. The van der Waals surface area contributed by atoms with Gasteiger partial charge in [0.05, 0.1) is 25.3 Å². The summed E-state index contributed by atoms with van der Waals surface area (Å²) in [6.07, 6.45) is 4.57. The van der Waals surface area contributed by atoms with Gasteiger partial charge >= 0.3 is 0 Å². The molecule has 0 aliphatic carbocycles. The predicted octanol–water partition coefficient (Wildman–Crippen LogP) is 2.91. The molecule has 0 saturated carbocycles. The van der Waals surface area contributed by atoms with E-state index in [4.69, 9.17) is 9.47 Å². The van der Waals surface area contributed by atoms with E-state index < -0.39 is 0 Å². The third-order valence-corrected chi connectivity index (χ3v) is 5.43. The van der Waals surface area contributed by atoms with Crippen LogP contribution < -0.4 is 10.1 Å². The van der Waals surface area contributed by atoms with Crippen molar-refractivity contribution in [1.29, 1.82) is 0 Å². The normalized spacial score (nSPS) is 16.9. The molecule has 1 fully saturated rings. The van der Waals surface area contributed by atoms with E-state index in [1.54, 1.807) is 18.4 Å². The number of nitrogens with zero attached hydrogens (tertiary/aromatic N) is 2. The number of imidazole rings is 1. The molecule has 1 saturated heterocycles. The number of fused-ring (bicyclic) bond motifs is 1. The molecule has 1 amide bonds. The molecule has 3 aromatic rings. The summed E-state index contributed by atoms with van der Waals surface area (Å²) in [5.41, 5.74) is 2.81. The van der Waals surface area contributed by atoms with E-state index in [1.165, 1.54) is 0 Å². The summed E-state index contributed by atoms with van der Waals surface area (Å²) < 4.78 is 12.8. The Morgan fingerprint density at radius 3 is 3.23 bits per heavy atom. The molecule has 0 spiro atoms. The van der Waals surface area contributed by atoms with Gasteiger partial charge in [-0.05, 0) is 25.0 Å². The minimum Gasteiger partial charge on any atom is -0.497 e. The highest BCUT2D eigenvalue weighted by Crippen LogP contribution is 2.26. The van der Waals surface area contributed by atoms with Crippen LogP contribution in [-0.2, 0) is 16.0 Å². The Morgan fingerprint density at radius 2 is 2.42 bits per heavy atom. The quantitative estimate of drug-likeness (QED) is 0.724. The average Bonchev–Trinajstić information content (AvgIpc) is 3.39. The number of ether oxygens (including phenoxy) is 2. The number of thiazole rings is 1. The van der Waals surface area contributed by atoms with Gasteiger partial charge in [0.1, 0.15) is 5.75 Å². The maximum absolute atomic E-state index is 12.3. The topological polar surface area (TPSA) is 64.9 Å². The van der Waals surface area contributed by atoms with Crippen LogP contribution in [0.15, 0.2) is 35.8 Å². The van der Waals surface area contributed by atoms with Crippen LogP contribution in [0.25, 0.3) is 16.2 Å². The highest BCUT2D eigenvalue weighted by Gasteiger charge is 2.17. The van der Waals surface area contributed by atoms with Gasteiger partial charge in [-0.3, -0.25) is 9.20 Å². The van der Waals surface area contributed by atoms with Crippen molar-refractivity contribution in [3.05, 3.63) is 41.5 Å². The molecule has 26 heavy (non-hydrogen) atoms. The van der Waals surface area contributed by atoms with Gasteiger partial charge in [0.2, 0.25) is 5.91 Å². The molecule has 0 bridgehead atoms. The maximum Gasteiger partial charge on any atom is 0.226 e. The van der Waals surface area contributed by atoms with Crippen LogP contribution >= 0.6 is 11.3 Å². The predicted molar refractivity (Wildman–Crippen MR) is 101 cm³/mol. The molecule has 2 aromatic heterocycles. The summed E-state index contributed by atoms with van der Waals surface area (Å²) in [6, 6.07) is 7.82. The van der Waals surface area contributed by atoms with Crippen molar-refractivity contribution in [1.82, 2.24) is 14.7 Å². The summed E-state index contributed by atoms with van der Waals surface area (Å²) in [5, 5.41) is 4.96. The van der Waals surface area contributed by atoms with Crippen molar-refractivity contribution >= 4 is 22.2 Å². The summed E-state index contributed by atoms with van der Waals surface area (Å²) in [7, 11) is 1.65. The lowest BCUT2D eigenvalue weighted by Crippen LogP contribution is -2.32. The van der Waals surface area contributed by atoms with Gasteiger partial charge in [0, 0.05) is 36.0 Å². The van der Waals surface area contributed by atoms with Gasteiger partial charge in [0.15, 0.2) is 4.96 Å². The van der Waals surface area contributed by atoms with Gasteiger partial charge < -0.3 is 14.8 Å². The molecule has 1 unspecified atom stereocenters. The summed E-state index contributed by atoms with van der Waals surface area (Å²) in [4.78, 5) is 17.8. The van der Waals surface area contributed by atoms with E-state index in [1.807, 2.05) is 40.2 Å². The van der Waals surface area contributed by atoms with E-state index in [-0.39, 0.29) is 12.0 Å². The Bertz CT molecular complexity index is 912. The standard InChI is InChI=1S/C19H21N3O3S/c1-24-15-5-2-4-13(8-15)17-11-22-14(12-26-19(22)21-17)9-18(23)20-10-16-6-3-7-25-16/h2,4-5,8,11-12,16H,3,6-7,9-10H2,1H3,(H,20,23). The minimum atomic E-state index is 0.0110. The van der Waals surface area contributed by atoms with Crippen LogP contribution in [0, 0.1) is 0 Å². The number of aromatic nitrogens is 2. The van der Waals surface area contributed by atoms with Crippen LogP contribution in [0.4, 0.5) is 0 Å². The van der Waals surface area contributed by atoms with E-state index in [0.717, 1.165) is 47.1 Å². The fraction of sp³-hybridized carbons (Fsp3) is 0.368. The number of benzene rings is 1. The van der Waals surface area contributed by atoms with Crippen LogP contribution in [0.3, 0.4) is 0 Å². The van der Waals surface area contributed by atoms with Crippen molar-refractivity contribution in [3.63, 3.8) is 0 Å². The van der Waals surface area contributed by atoms with Gasteiger partial charge in [-0.2, -0.15) is 0 Å². The lowest BCUT2D eigenvalue weighted by molar-refractivity contribution is -0.121. The van der Waals surface area contributed by atoms with Crippen LogP contribution in [-0.4, -0.2) is 41.7 Å². The molecular formula is C19H21N3O3S. The first kappa shape index (κ1) is 17.1. The molecule has 4 rings (SSSR count). The SMILES string of the molecule is COc1cccc(-c2cn3c(CC(=O)NCC4CCCO4)csc3n2)c1. The molecule has 1 atom stereocenters.